The largest absolute Gasteiger partial charge is 0.373 e. The molecule has 5 nitrogen and oxygen atoms in total. The Hall–Kier alpha value is -0.940. The highest BCUT2D eigenvalue weighted by Crippen LogP contribution is 2.10. The van der Waals surface area contributed by atoms with Crippen LogP contribution in [0.1, 0.15) is 37.9 Å². The molecule has 5 heteroatoms. The zero-order valence-electron chi connectivity index (χ0n) is 8.69. The number of ether oxygens (including phenoxy) is 1. The van der Waals surface area contributed by atoms with Gasteiger partial charge >= 0.3 is 0 Å². The van der Waals surface area contributed by atoms with Gasteiger partial charge in [0, 0.05) is 19.1 Å². The zero-order valence-corrected chi connectivity index (χ0v) is 8.69. The van der Waals surface area contributed by atoms with Crippen molar-refractivity contribution in [1.29, 1.82) is 0 Å². The van der Waals surface area contributed by atoms with Gasteiger partial charge in [0.25, 0.3) is 0 Å². The van der Waals surface area contributed by atoms with Crippen LogP contribution in [0.3, 0.4) is 0 Å². The van der Waals surface area contributed by atoms with Crippen LogP contribution >= 0.6 is 0 Å². The zero-order chi connectivity index (χ0) is 10.4. The lowest BCUT2D eigenvalue weighted by molar-refractivity contribution is 0.114. The maximum absolute atomic E-state index is 5.48. The summed E-state index contributed by atoms with van der Waals surface area (Å²) in [7, 11) is 0. The van der Waals surface area contributed by atoms with Gasteiger partial charge in [-0.2, -0.15) is 4.98 Å². The predicted octanol–water partition coefficient (Wildman–Crippen LogP) is 1.06. The van der Waals surface area contributed by atoms with Crippen molar-refractivity contribution >= 4 is 0 Å². The first-order valence-corrected chi connectivity index (χ1v) is 4.88. The third kappa shape index (κ3) is 3.08. The van der Waals surface area contributed by atoms with Crippen LogP contribution in [0.15, 0.2) is 4.52 Å². The van der Waals surface area contributed by atoms with E-state index in [9.17, 15) is 0 Å². The van der Waals surface area contributed by atoms with Gasteiger partial charge in [-0.3, -0.25) is 0 Å². The molecule has 1 unspecified atom stereocenters. The van der Waals surface area contributed by atoms with E-state index < -0.39 is 0 Å². The molecule has 0 aromatic carbocycles. The topological polar surface area (TPSA) is 74.2 Å². The van der Waals surface area contributed by atoms with E-state index in [4.69, 9.17) is 15.0 Å². The van der Waals surface area contributed by atoms with Crippen molar-refractivity contribution in [3.8, 4) is 0 Å². The van der Waals surface area contributed by atoms with Crippen LogP contribution in [0, 0.1) is 0 Å². The molecule has 0 saturated heterocycles. The van der Waals surface area contributed by atoms with Gasteiger partial charge in [-0.05, 0) is 6.42 Å². The summed E-state index contributed by atoms with van der Waals surface area (Å²) < 4.78 is 10.3. The highest BCUT2D eigenvalue weighted by Gasteiger charge is 2.12. The van der Waals surface area contributed by atoms with Crippen LogP contribution in [0.25, 0.3) is 0 Å². The first kappa shape index (κ1) is 11.1. The van der Waals surface area contributed by atoms with Gasteiger partial charge in [0.2, 0.25) is 5.89 Å². The third-order valence-corrected chi connectivity index (χ3v) is 1.84. The van der Waals surface area contributed by atoms with Gasteiger partial charge in [0.1, 0.15) is 6.61 Å². The summed E-state index contributed by atoms with van der Waals surface area (Å²) in [5, 5.41) is 3.79. The van der Waals surface area contributed by atoms with E-state index in [1.54, 1.807) is 0 Å². The Bertz CT molecular complexity index is 262. The predicted molar refractivity (Wildman–Crippen MR) is 51.7 cm³/mol. The van der Waals surface area contributed by atoms with Crippen molar-refractivity contribution in [3.05, 3.63) is 11.7 Å². The van der Waals surface area contributed by atoms with E-state index in [1.807, 2.05) is 6.92 Å². The number of hydrogen-bond acceptors (Lipinski definition) is 5. The molecule has 1 rings (SSSR count). The van der Waals surface area contributed by atoms with Crippen LogP contribution in [0.5, 0.6) is 0 Å². The highest BCUT2D eigenvalue weighted by molar-refractivity contribution is 4.91. The smallest absolute Gasteiger partial charge is 0.230 e. The van der Waals surface area contributed by atoms with Crippen LogP contribution in [0.2, 0.25) is 0 Å². The Labute approximate surface area is 83.6 Å². The van der Waals surface area contributed by atoms with Crippen LogP contribution in [0.4, 0.5) is 0 Å². The highest BCUT2D eigenvalue weighted by atomic mass is 16.5. The summed E-state index contributed by atoms with van der Waals surface area (Å²) >= 11 is 0. The average Bonchev–Trinajstić information content (AvgIpc) is 2.66. The van der Waals surface area contributed by atoms with Crippen molar-refractivity contribution in [2.75, 3.05) is 13.2 Å². The van der Waals surface area contributed by atoms with Crippen molar-refractivity contribution in [2.45, 2.75) is 32.8 Å². The molecule has 0 fully saturated rings. The lowest BCUT2D eigenvalue weighted by Gasteiger charge is -1.99. The first-order valence-electron chi connectivity index (χ1n) is 4.88. The van der Waals surface area contributed by atoms with E-state index in [-0.39, 0.29) is 5.92 Å². The molecule has 0 saturated carbocycles. The number of aromatic nitrogens is 2. The van der Waals surface area contributed by atoms with Gasteiger partial charge in [-0.15, -0.1) is 0 Å². The molecule has 1 atom stereocenters. The Morgan fingerprint density at radius 1 is 1.57 bits per heavy atom. The fourth-order valence-electron chi connectivity index (χ4n) is 0.935. The van der Waals surface area contributed by atoms with E-state index in [1.165, 1.54) is 0 Å². The second-order valence-corrected chi connectivity index (χ2v) is 3.24. The van der Waals surface area contributed by atoms with Gasteiger partial charge in [-0.1, -0.05) is 19.0 Å². The molecule has 80 valence electrons. The Kier molecular flexibility index (Phi) is 4.55. The van der Waals surface area contributed by atoms with Crippen molar-refractivity contribution in [2.24, 2.45) is 5.73 Å². The third-order valence-electron chi connectivity index (χ3n) is 1.84. The van der Waals surface area contributed by atoms with Crippen molar-refractivity contribution in [3.63, 3.8) is 0 Å². The van der Waals surface area contributed by atoms with Crippen LogP contribution in [-0.2, 0) is 11.3 Å². The van der Waals surface area contributed by atoms with E-state index in [0.717, 1.165) is 13.0 Å². The lowest BCUT2D eigenvalue weighted by Crippen LogP contribution is -2.09. The molecule has 0 amide bonds. The molecule has 0 spiro atoms. The fourth-order valence-corrected chi connectivity index (χ4v) is 0.935. The van der Waals surface area contributed by atoms with Crippen LogP contribution in [-0.4, -0.2) is 23.3 Å². The van der Waals surface area contributed by atoms with Crippen molar-refractivity contribution in [1.82, 2.24) is 10.1 Å². The Morgan fingerprint density at radius 2 is 2.36 bits per heavy atom. The summed E-state index contributed by atoms with van der Waals surface area (Å²) in [6, 6.07) is 0. The Balaban J connectivity index is 2.42. The minimum atomic E-state index is 0.113. The summed E-state index contributed by atoms with van der Waals surface area (Å²) in [5.74, 6) is 1.29. The maximum atomic E-state index is 5.48. The molecule has 0 bridgehead atoms. The maximum Gasteiger partial charge on any atom is 0.230 e. The van der Waals surface area contributed by atoms with Gasteiger partial charge in [0.05, 0.1) is 0 Å². The second-order valence-electron chi connectivity index (χ2n) is 3.24. The number of nitrogens with zero attached hydrogens (tertiary/aromatic N) is 2. The van der Waals surface area contributed by atoms with E-state index >= 15 is 0 Å². The molecular weight excluding hydrogens is 182 g/mol. The van der Waals surface area contributed by atoms with E-state index in [0.29, 0.717) is 24.9 Å². The quantitative estimate of drug-likeness (QED) is 0.693. The number of hydrogen-bond donors (Lipinski definition) is 1. The lowest BCUT2D eigenvalue weighted by atomic mass is 10.2. The van der Waals surface area contributed by atoms with Crippen LogP contribution < -0.4 is 5.73 Å². The summed E-state index contributed by atoms with van der Waals surface area (Å²) in [6.07, 6.45) is 0.990. The Morgan fingerprint density at radius 3 is 3.00 bits per heavy atom. The van der Waals surface area contributed by atoms with Gasteiger partial charge < -0.3 is 15.0 Å². The number of nitrogens with two attached hydrogens (primary N) is 1. The first-order chi connectivity index (χ1) is 6.77. The standard InChI is InChI=1S/C9H17N3O2/c1-3-4-13-6-8-11-9(14-12-8)7(2)5-10/h7H,3-6,10H2,1-2H3. The van der Waals surface area contributed by atoms with E-state index in [2.05, 4.69) is 17.1 Å². The summed E-state index contributed by atoms with van der Waals surface area (Å²) in [5.41, 5.74) is 5.48. The molecule has 1 heterocycles. The average molecular weight is 199 g/mol. The van der Waals surface area contributed by atoms with Gasteiger partial charge in [-0.25, -0.2) is 0 Å². The van der Waals surface area contributed by atoms with Gasteiger partial charge in [0.15, 0.2) is 5.82 Å². The molecule has 0 aliphatic carbocycles. The molecule has 0 aliphatic rings. The molecule has 2 N–H and O–H groups in total. The van der Waals surface area contributed by atoms with Crippen molar-refractivity contribution < 1.29 is 9.26 Å². The molecular formula is C9H17N3O2. The second kappa shape index (κ2) is 5.72. The molecule has 14 heavy (non-hydrogen) atoms. The fraction of sp³-hybridized carbons (Fsp3) is 0.778. The minimum Gasteiger partial charge on any atom is -0.373 e. The minimum absolute atomic E-state index is 0.113. The number of rotatable bonds is 6. The SMILES string of the molecule is CCCOCc1noc(C(C)CN)n1. The summed E-state index contributed by atoms with van der Waals surface area (Å²) in [6.45, 7) is 5.64. The summed E-state index contributed by atoms with van der Waals surface area (Å²) in [4.78, 5) is 4.17. The monoisotopic (exact) mass is 199 g/mol. The molecule has 1 aromatic rings. The molecule has 0 aliphatic heterocycles. The molecule has 0 radical (unpaired) electrons. The molecule has 1 aromatic heterocycles. The normalized spacial score (nSPS) is 13.1.